The van der Waals surface area contributed by atoms with Gasteiger partial charge in [-0.15, -0.1) is 0 Å². The van der Waals surface area contributed by atoms with Gasteiger partial charge in [0.15, 0.2) is 0 Å². The Morgan fingerprint density at radius 2 is 2.35 bits per heavy atom. The largest absolute Gasteiger partial charge is 0.443 e. The van der Waals surface area contributed by atoms with E-state index in [2.05, 4.69) is 10.1 Å². The number of nitrogens with zero attached hydrogens (tertiary/aromatic N) is 4. The number of amides is 1. The topological polar surface area (TPSA) is 85.7 Å². The van der Waals surface area contributed by atoms with Crippen molar-refractivity contribution in [1.82, 2.24) is 9.78 Å². The SMILES string of the molecule is CN=c1sc(-c2ccc(N3CC(CN)OC3=O)cc2F)nn1C. The average Bonchev–Trinajstić information content (AvgIpc) is 3.09. The van der Waals surface area contributed by atoms with E-state index < -0.39 is 11.9 Å². The summed E-state index contributed by atoms with van der Waals surface area (Å²) in [6, 6.07) is 4.58. The van der Waals surface area contributed by atoms with Gasteiger partial charge in [-0.05, 0) is 18.2 Å². The maximum atomic E-state index is 14.5. The maximum Gasteiger partial charge on any atom is 0.414 e. The molecule has 1 fully saturated rings. The van der Waals surface area contributed by atoms with Crippen molar-refractivity contribution in [3.8, 4) is 10.6 Å². The molecular weight excluding hydrogens is 321 g/mol. The van der Waals surface area contributed by atoms with Crippen molar-refractivity contribution in [3.63, 3.8) is 0 Å². The van der Waals surface area contributed by atoms with Crippen LogP contribution in [0.4, 0.5) is 14.9 Å². The van der Waals surface area contributed by atoms with Crippen LogP contribution in [0.5, 0.6) is 0 Å². The molecule has 7 nitrogen and oxygen atoms in total. The van der Waals surface area contributed by atoms with Gasteiger partial charge >= 0.3 is 6.09 Å². The molecule has 3 rings (SSSR count). The van der Waals surface area contributed by atoms with Gasteiger partial charge in [0, 0.05) is 26.2 Å². The van der Waals surface area contributed by atoms with Gasteiger partial charge in [-0.1, -0.05) is 11.3 Å². The fourth-order valence-electron chi connectivity index (χ4n) is 2.35. The number of halogens is 1. The molecule has 1 unspecified atom stereocenters. The number of carbonyl (C=O) groups is 1. The Morgan fingerprint density at radius 3 is 2.91 bits per heavy atom. The summed E-state index contributed by atoms with van der Waals surface area (Å²) >= 11 is 1.29. The number of rotatable bonds is 3. The average molecular weight is 337 g/mol. The second-order valence-electron chi connectivity index (χ2n) is 5.05. The number of aromatic nitrogens is 2. The van der Waals surface area contributed by atoms with Gasteiger partial charge in [0.1, 0.15) is 16.9 Å². The summed E-state index contributed by atoms with van der Waals surface area (Å²) in [5.74, 6) is -0.455. The number of nitrogens with two attached hydrogens (primary N) is 1. The van der Waals surface area contributed by atoms with Gasteiger partial charge in [-0.2, -0.15) is 5.10 Å². The zero-order chi connectivity index (χ0) is 16.6. The van der Waals surface area contributed by atoms with Crippen molar-refractivity contribution in [3.05, 3.63) is 28.8 Å². The van der Waals surface area contributed by atoms with Crippen LogP contribution in [-0.2, 0) is 11.8 Å². The van der Waals surface area contributed by atoms with Crippen LogP contribution in [0.3, 0.4) is 0 Å². The number of hydrogen-bond donors (Lipinski definition) is 1. The van der Waals surface area contributed by atoms with Crippen LogP contribution < -0.4 is 15.4 Å². The first-order valence-electron chi connectivity index (χ1n) is 6.98. The summed E-state index contributed by atoms with van der Waals surface area (Å²) in [7, 11) is 3.41. The molecule has 122 valence electrons. The second kappa shape index (κ2) is 6.09. The number of ether oxygens (including phenoxy) is 1. The van der Waals surface area contributed by atoms with Crippen LogP contribution in [0, 0.1) is 5.82 Å². The van der Waals surface area contributed by atoms with E-state index in [-0.39, 0.29) is 12.6 Å². The Bertz CT molecular complexity index is 816. The molecule has 1 amide bonds. The Morgan fingerprint density at radius 1 is 1.57 bits per heavy atom. The fourth-order valence-corrected chi connectivity index (χ4v) is 3.23. The van der Waals surface area contributed by atoms with Crippen molar-refractivity contribution in [2.75, 3.05) is 25.0 Å². The van der Waals surface area contributed by atoms with E-state index in [9.17, 15) is 9.18 Å². The molecule has 9 heteroatoms. The van der Waals surface area contributed by atoms with Gasteiger partial charge in [-0.3, -0.25) is 9.89 Å². The highest BCUT2D eigenvalue weighted by molar-refractivity contribution is 7.12. The van der Waals surface area contributed by atoms with Gasteiger partial charge in [0.2, 0.25) is 4.80 Å². The lowest BCUT2D eigenvalue weighted by molar-refractivity contribution is 0.145. The summed E-state index contributed by atoms with van der Waals surface area (Å²) in [6.45, 7) is 0.556. The van der Waals surface area contributed by atoms with Gasteiger partial charge < -0.3 is 10.5 Å². The first-order chi connectivity index (χ1) is 11.0. The predicted octanol–water partition coefficient (Wildman–Crippen LogP) is 1.10. The van der Waals surface area contributed by atoms with Gasteiger partial charge in [-0.25, -0.2) is 13.9 Å². The molecule has 0 aliphatic carbocycles. The Labute approximate surface area is 135 Å². The Kier molecular flexibility index (Phi) is 4.14. The first kappa shape index (κ1) is 15.6. The predicted molar refractivity (Wildman–Crippen MR) is 84.6 cm³/mol. The standard InChI is InChI=1S/C14H16FN5O2S/c1-17-13-19(2)18-12(23-13)10-4-3-8(5-11(10)15)20-7-9(6-16)22-14(20)21/h3-5,9H,6-7,16H2,1-2H3. The van der Waals surface area contributed by atoms with E-state index in [1.807, 2.05) is 0 Å². The highest BCUT2D eigenvalue weighted by Crippen LogP contribution is 2.29. The van der Waals surface area contributed by atoms with Crippen molar-refractivity contribution >= 4 is 23.1 Å². The number of aryl methyl sites for hydroxylation is 1. The summed E-state index contributed by atoms with van der Waals surface area (Å²) in [5, 5.41) is 4.79. The van der Waals surface area contributed by atoms with Crippen molar-refractivity contribution in [2.24, 2.45) is 17.8 Å². The molecule has 1 saturated heterocycles. The number of cyclic esters (lactones) is 1. The van der Waals surface area contributed by atoms with Crippen LogP contribution in [0.25, 0.3) is 10.6 Å². The molecule has 0 saturated carbocycles. The first-order valence-corrected chi connectivity index (χ1v) is 7.80. The van der Waals surface area contributed by atoms with Crippen LogP contribution in [0.2, 0.25) is 0 Å². The molecule has 0 spiro atoms. The van der Waals surface area contributed by atoms with Crippen LogP contribution >= 0.6 is 11.3 Å². The zero-order valence-corrected chi connectivity index (χ0v) is 13.5. The van der Waals surface area contributed by atoms with E-state index in [1.54, 1.807) is 30.9 Å². The molecule has 2 heterocycles. The minimum atomic E-state index is -0.514. The summed E-state index contributed by atoms with van der Waals surface area (Å²) in [5.41, 5.74) is 6.31. The Hall–Kier alpha value is -2.26. The lowest BCUT2D eigenvalue weighted by Gasteiger charge is -2.13. The number of carbonyl (C=O) groups excluding carboxylic acids is 1. The minimum absolute atomic E-state index is 0.238. The van der Waals surface area contributed by atoms with Crippen molar-refractivity contribution < 1.29 is 13.9 Å². The van der Waals surface area contributed by atoms with E-state index >= 15 is 0 Å². The van der Waals surface area contributed by atoms with Gasteiger partial charge in [0.05, 0.1) is 12.2 Å². The smallest absolute Gasteiger partial charge is 0.414 e. The quantitative estimate of drug-likeness (QED) is 0.909. The normalized spacial score (nSPS) is 18.6. The van der Waals surface area contributed by atoms with Crippen molar-refractivity contribution in [1.29, 1.82) is 0 Å². The minimum Gasteiger partial charge on any atom is -0.443 e. The fraction of sp³-hybridized carbons (Fsp3) is 0.357. The molecule has 1 atom stereocenters. The molecule has 23 heavy (non-hydrogen) atoms. The van der Waals surface area contributed by atoms with E-state index in [0.717, 1.165) is 0 Å². The molecule has 1 aliphatic rings. The highest BCUT2D eigenvalue weighted by Gasteiger charge is 2.31. The maximum absolute atomic E-state index is 14.5. The Balaban J connectivity index is 1.93. The molecular formula is C14H16FN5O2S. The molecule has 1 aliphatic heterocycles. The molecule has 2 N–H and O–H groups in total. The number of benzene rings is 1. The molecule has 1 aromatic heterocycles. The summed E-state index contributed by atoms with van der Waals surface area (Å²) in [6.07, 6.45) is -0.878. The monoisotopic (exact) mass is 337 g/mol. The lowest BCUT2D eigenvalue weighted by atomic mass is 10.2. The zero-order valence-electron chi connectivity index (χ0n) is 12.7. The second-order valence-corrected chi connectivity index (χ2v) is 6.01. The third-order valence-corrected chi connectivity index (χ3v) is 4.65. The highest BCUT2D eigenvalue weighted by atomic mass is 32.1. The summed E-state index contributed by atoms with van der Waals surface area (Å²) < 4.78 is 21.1. The third-order valence-electron chi connectivity index (χ3n) is 3.53. The van der Waals surface area contributed by atoms with Crippen LogP contribution in [0.15, 0.2) is 23.2 Å². The van der Waals surface area contributed by atoms with Crippen LogP contribution in [0.1, 0.15) is 0 Å². The molecule has 0 radical (unpaired) electrons. The lowest BCUT2D eigenvalue weighted by Crippen LogP contribution is -2.27. The van der Waals surface area contributed by atoms with E-state index in [4.69, 9.17) is 10.5 Å². The van der Waals surface area contributed by atoms with E-state index in [0.29, 0.717) is 27.6 Å². The number of hydrogen-bond acceptors (Lipinski definition) is 6. The van der Waals surface area contributed by atoms with Crippen molar-refractivity contribution in [2.45, 2.75) is 6.10 Å². The van der Waals surface area contributed by atoms with Gasteiger partial charge in [0.25, 0.3) is 0 Å². The van der Waals surface area contributed by atoms with Crippen LogP contribution in [-0.4, -0.2) is 42.1 Å². The number of anilines is 1. The van der Waals surface area contributed by atoms with E-state index in [1.165, 1.54) is 22.3 Å². The molecule has 0 bridgehead atoms. The molecule has 1 aromatic carbocycles. The molecule has 2 aromatic rings. The summed E-state index contributed by atoms with van der Waals surface area (Å²) in [4.78, 5) is 17.9. The third kappa shape index (κ3) is 2.84.